The molecule has 0 spiro atoms. The standard InChI is InChI=1S/C6H10ClO/c1-2-6(7)4-3-5-8/h6H,2-4H2,1H3. The molecule has 1 nitrogen and oxygen atoms in total. The fourth-order valence-corrected chi connectivity index (χ4v) is 0.529. The smallest absolute Gasteiger partial charge is 0.198 e. The summed E-state index contributed by atoms with van der Waals surface area (Å²) >= 11 is 5.67. The molecule has 1 atom stereocenters. The molecule has 0 rings (SSSR count). The summed E-state index contributed by atoms with van der Waals surface area (Å²) in [7, 11) is 0. The van der Waals surface area contributed by atoms with Crippen molar-refractivity contribution in [3.63, 3.8) is 0 Å². The minimum Gasteiger partial charge on any atom is -0.291 e. The Balaban J connectivity index is 2.97. The molecule has 0 heterocycles. The lowest BCUT2D eigenvalue weighted by atomic mass is 10.2. The van der Waals surface area contributed by atoms with Crippen molar-refractivity contribution in [1.82, 2.24) is 0 Å². The van der Waals surface area contributed by atoms with Crippen LogP contribution in [0.5, 0.6) is 0 Å². The SMILES string of the molecule is CCC(Cl)CC[C]=O. The molecule has 0 aliphatic rings. The highest BCUT2D eigenvalue weighted by molar-refractivity contribution is 6.20. The molecule has 0 aromatic rings. The summed E-state index contributed by atoms with van der Waals surface area (Å²) in [5.41, 5.74) is 0. The molecule has 1 unspecified atom stereocenters. The van der Waals surface area contributed by atoms with Crippen molar-refractivity contribution in [3.05, 3.63) is 0 Å². The molecule has 0 bridgehead atoms. The fourth-order valence-electron chi connectivity index (χ4n) is 0.420. The third kappa shape index (κ3) is 4.13. The van der Waals surface area contributed by atoms with Crippen molar-refractivity contribution < 1.29 is 4.79 Å². The predicted molar refractivity (Wildman–Crippen MR) is 34.9 cm³/mol. The van der Waals surface area contributed by atoms with Gasteiger partial charge >= 0.3 is 0 Å². The van der Waals surface area contributed by atoms with Gasteiger partial charge in [0.1, 0.15) is 0 Å². The first-order valence-corrected chi connectivity index (χ1v) is 3.24. The van der Waals surface area contributed by atoms with Crippen LogP contribution >= 0.6 is 11.6 Å². The van der Waals surface area contributed by atoms with Gasteiger partial charge in [-0.05, 0) is 12.8 Å². The first kappa shape index (κ1) is 7.96. The van der Waals surface area contributed by atoms with Gasteiger partial charge in [0.2, 0.25) is 0 Å². The lowest BCUT2D eigenvalue weighted by molar-refractivity contribution is 0.546. The van der Waals surface area contributed by atoms with Gasteiger partial charge in [-0.2, -0.15) is 0 Å². The van der Waals surface area contributed by atoms with E-state index in [9.17, 15) is 4.79 Å². The number of halogens is 1. The van der Waals surface area contributed by atoms with Crippen molar-refractivity contribution in [2.24, 2.45) is 0 Å². The van der Waals surface area contributed by atoms with E-state index in [-0.39, 0.29) is 5.38 Å². The molecule has 1 radical (unpaired) electrons. The summed E-state index contributed by atoms with van der Waals surface area (Å²) in [5, 5.41) is 0.163. The summed E-state index contributed by atoms with van der Waals surface area (Å²) in [6, 6.07) is 0. The molecule has 0 amide bonds. The lowest BCUT2D eigenvalue weighted by Crippen LogP contribution is -1.94. The van der Waals surface area contributed by atoms with Gasteiger partial charge in [0.05, 0.1) is 0 Å². The van der Waals surface area contributed by atoms with Crippen LogP contribution in [0, 0.1) is 0 Å². The number of hydrogen-bond acceptors (Lipinski definition) is 1. The first-order chi connectivity index (χ1) is 3.81. The number of rotatable bonds is 4. The molecular weight excluding hydrogens is 124 g/mol. The molecule has 0 fully saturated rings. The molecule has 2 heteroatoms. The third-order valence-corrected chi connectivity index (χ3v) is 1.53. The highest BCUT2D eigenvalue weighted by atomic mass is 35.5. The summed E-state index contributed by atoms with van der Waals surface area (Å²) in [5.74, 6) is 0. The maximum absolute atomic E-state index is 9.64. The molecule has 0 aromatic heterocycles. The Kier molecular flexibility index (Phi) is 5.08. The Morgan fingerprint density at radius 2 is 2.38 bits per heavy atom. The second-order valence-corrected chi connectivity index (χ2v) is 2.31. The number of carbonyl (C=O) groups excluding carboxylic acids is 1. The minimum atomic E-state index is 0.163. The van der Waals surface area contributed by atoms with Gasteiger partial charge in [-0.25, -0.2) is 0 Å². The minimum absolute atomic E-state index is 0.163. The number of hydrogen-bond donors (Lipinski definition) is 0. The zero-order chi connectivity index (χ0) is 6.41. The fraction of sp³-hybridized carbons (Fsp3) is 0.833. The van der Waals surface area contributed by atoms with Crippen LogP contribution in [-0.2, 0) is 4.79 Å². The van der Waals surface area contributed by atoms with Gasteiger partial charge in [-0.1, -0.05) is 6.92 Å². The molecule has 0 aromatic carbocycles. The summed E-state index contributed by atoms with van der Waals surface area (Å²) in [4.78, 5) is 9.64. The van der Waals surface area contributed by atoms with E-state index in [2.05, 4.69) is 0 Å². The van der Waals surface area contributed by atoms with Crippen LogP contribution in [0.3, 0.4) is 0 Å². The Morgan fingerprint density at radius 3 is 2.75 bits per heavy atom. The predicted octanol–water partition coefficient (Wildman–Crippen LogP) is 1.89. The quantitative estimate of drug-likeness (QED) is 0.536. The van der Waals surface area contributed by atoms with Crippen LogP contribution in [0.2, 0.25) is 0 Å². The highest BCUT2D eigenvalue weighted by Gasteiger charge is 1.98. The van der Waals surface area contributed by atoms with E-state index in [0.717, 1.165) is 12.8 Å². The first-order valence-electron chi connectivity index (χ1n) is 2.80. The molecule has 0 aliphatic heterocycles. The average Bonchev–Trinajstić information content (AvgIpc) is 1.83. The van der Waals surface area contributed by atoms with Crippen LogP contribution in [0.1, 0.15) is 26.2 Å². The zero-order valence-electron chi connectivity index (χ0n) is 4.98. The van der Waals surface area contributed by atoms with Crippen LogP contribution in [-0.4, -0.2) is 11.7 Å². The summed E-state index contributed by atoms with van der Waals surface area (Å²) in [6.45, 7) is 2.00. The Labute approximate surface area is 55.0 Å². The van der Waals surface area contributed by atoms with Gasteiger partial charge in [-0.3, -0.25) is 4.79 Å². The molecule has 0 saturated heterocycles. The van der Waals surface area contributed by atoms with E-state index in [1.165, 1.54) is 0 Å². The van der Waals surface area contributed by atoms with E-state index < -0.39 is 0 Å². The Bertz CT molecular complexity index is 63.5. The maximum Gasteiger partial charge on any atom is 0.198 e. The average molecular weight is 134 g/mol. The maximum atomic E-state index is 9.64. The second-order valence-electron chi connectivity index (χ2n) is 1.69. The van der Waals surface area contributed by atoms with E-state index in [1.807, 2.05) is 6.92 Å². The van der Waals surface area contributed by atoms with Crippen molar-refractivity contribution >= 4 is 17.9 Å². The van der Waals surface area contributed by atoms with Gasteiger partial charge < -0.3 is 0 Å². The van der Waals surface area contributed by atoms with E-state index >= 15 is 0 Å². The molecular formula is C6H10ClO. The molecule has 0 N–H and O–H groups in total. The Morgan fingerprint density at radius 1 is 1.75 bits per heavy atom. The molecule has 0 saturated carbocycles. The monoisotopic (exact) mass is 133 g/mol. The lowest BCUT2D eigenvalue weighted by Gasteiger charge is -1.99. The van der Waals surface area contributed by atoms with Crippen LogP contribution in [0.4, 0.5) is 0 Å². The van der Waals surface area contributed by atoms with Gasteiger partial charge in [0, 0.05) is 11.8 Å². The molecule has 47 valence electrons. The molecule has 0 aliphatic carbocycles. The van der Waals surface area contributed by atoms with Gasteiger partial charge in [0.15, 0.2) is 6.29 Å². The normalized spacial score (nSPS) is 13.2. The third-order valence-electron chi connectivity index (χ3n) is 1.00. The van der Waals surface area contributed by atoms with Crippen molar-refractivity contribution in [1.29, 1.82) is 0 Å². The molecule has 8 heavy (non-hydrogen) atoms. The van der Waals surface area contributed by atoms with Gasteiger partial charge in [0.25, 0.3) is 0 Å². The van der Waals surface area contributed by atoms with Crippen LogP contribution in [0.15, 0.2) is 0 Å². The summed E-state index contributed by atoms with van der Waals surface area (Å²) in [6.07, 6.45) is 3.97. The topological polar surface area (TPSA) is 17.1 Å². The van der Waals surface area contributed by atoms with Crippen LogP contribution < -0.4 is 0 Å². The highest BCUT2D eigenvalue weighted by Crippen LogP contribution is 2.06. The van der Waals surface area contributed by atoms with E-state index in [0.29, 0.717) is 6.42 Å². The largest absolute Gasteiger partial charge is 0.291 e. The zero-order valence-corrected chi connectivity index (χ0v) is 5.74. The van der Waals surface area contributed by atoms with Crippen molar-refractivity contribution in [2.75, 3.05) is 0 Å². The van der Waals surface area contributed by atoms with Crippen molar-refractivity contribution in [3.8, 4) is 0 Å². The summed E-state index contributed by atoms with van der Waals surface area (Å²) < 4.78 is 0. The second kappa shape index (κ2) is 5.10. The van der Waals surface area contributed by atoms with Crippen molar-refractivity contribution in [2.45, 2.75) is 31.6 Å². The van der Waals surface area contributed by atoms with Crippen LogP contribution in [0.25, 0.3) is 0 Å². The Hall–Kier alpha value is -0.0400. The van der Waals surface area contributed by atoms with E-state index in [4.69, 9.17) is 11.6 Å². The van der Waals surface area contributed by atoms with E-state index in [1.54, 1.807) is 6.29 Å². The van der Waals surface area contributed by atoms with Gasteiger partial charge in [-0.15, -0.1) is 11.6 Å². The number of alkyl halides is 1.